The molecule has 1 aliphatic rings. The van der Waals surface area contributed by atoms with Gasteiger partial charge in [0.05, 0.1) is 5.69 Å². The average molecular weight is 313 g/mol. The molecule has 2 amide bonds. The van der Waals surface area contributed by atoms with Crippen LogP contribution in [0.2, 0.25) is 0 Å². The van der Waals surface area contributed by atoms with Crippen LogP contribution in [0.15, 0.2) is 36.9 Å². The molecular formula is C17H23N5O. The van der Waals surface area contributed by atoms with Gasteiger partial charge in [-0.1, -0.05) is 19.1 Å². The van der Waals surface area contributed by atoms with Crippen molar-refractivity contribution in [3.63, 3.8) is 0 Å². The van der Waals surface area contributed by atoms with E-state index in [0.717, 1.165) is 30.6 Å². The highest BCUT2D eigenvalue weighted by atomic mass is 16.2. The number of benzene rings is 1. The normalized spacial score (nSPS) is 21.2. The Morgan fingerprint density at radius 2 is 2.26 bits per heavy atom. The third-order valence-electron chi connectivity index (χ3n) is 4.44. The minimum Gasteiger partial charge on any atom is -0.334 e. The third kappa shape index (κ3) is 3.70. The summed E-state index contributed by atoms with van der Waals surface area (Å²) in [5.41, 5.74) is 1.98. The first-order chi connectivity index (χ1) is 11.1. The minimum absolute atomic E-state index is 0.0237. The van der Waals surface area contributed by atoms with Crippen molar-refractivity contribution >= 4 is 6.03 Å². The maximum Gasteiger partial charge on any atom is 0.317 e. The van der Waals surface area contributed by atoms with Crippen LogP contribution in [0.25, 0.3) is 5.69 Å². The fourth-order valence-corrected chi connectivity index (χ4v) is 3.14. The van der Waals surface area contributed by atoms with Gasteiger partial charge in [0.2, 0.25) is 0 Å². The van der Waals surface area contributed by atoms with Crippen LogP contribution in [0.4, 0.5) is 4.79 Å². The lowest BCUT2D eigenvalue weighted by Gasteiger charge is -2.36. The molecule has 0 saturated carbocycles. The van der Waals surface area contributed by atoms with Crippen LogP contribution in [0.5, 0.6) is 0 Å². The van der Waals surface area contributed by atoms with E-state index < -0.39 is 0 Å². The highest BCUT2D eigenvalue weighted by Gasteiger charge is 2.26. The van der Waals surface area contributed by atoms with Gasteiger partial charge in [-0.05, 0) is 43.4 Å². The number of aromatic nitrogens is 3. The van der Waals surface area contributed by atoms with Gasteiger partial charge in [-0.2, -0.15) is 5.10 Å². The Kier molecular flexibility index (Phi) is 4.60. The first kappa shape index (κ1) is 15.5. The number of carbonyl (C=O) groups excluding carboxylic acids is 1. The Morgan fingerprint density at radius 1 is 1.39 bits per heavy atom. The average Bonchev–Trinajstić information content (AvgIpc) is 3.07. The zero-order chi connectivity index (χ0) is 16.2. The molecule has 3 rings (SSSR count). The number of carbonyl (C=O) groups is 1. The summed E-state index contributed by atoms with van der Waals surface area (Å²) >= 11 is 0. The van der Waals surface area contributed by atoms with Gasteiger partial charge in [0.15, 0.2) is 0 Å². The fraction of sp³-hybridized carbons (Fsp3) is 0.471. The number of likely N-dealkylation sites (tertiary alicyclic amines) is 1. The largest absolute Gasteiger partial charge is 0.334 e. The predicted octanol–water partition coefficient (Wildman–Crippen LogP) is 2.60. The van der Waals surface area contributed by atoms with E-state index in [1.807, 2.05) is 29.2 Å². The summed E-state index contributed by atoms with van der Waals surface area (Å²) in [6.45, 7) is 5.73. The fourth-order valence-electron chi connectivity index (χ4n) is 3.14. The van der Waals surface area contributed by atoms with Gasteiger partial charge in [-0.15, -0.1) is 0 Å². The molecule has 0 radical (unpaired) electrons. The third-order valence-corrected chi connectivity index (χ3v) is 4.44. The summed E-state index contributed by atoms with van der Waals surface area (Å²) in [5.74, 6) is 0.702. The summed E-state index contributed by atoms with van der Waals surface area (Å²) in [6.07, 6.45) is 5.33. The maximum atomic E-state index is 12.4. The number of hydrogen-bond acceptors (Lipinski definition) is 3. The van der Waals surface area contributed by atoms with Crippen LogP contribution < -0.4 is 5.32 Å². The molecule has 6 nitrogen and oxygen atoms in total. The number of piperidine rings is 1. The van der Waals surface area contributed by atoms with E-state index in [-0.39, 0.29) is 6.03 Å². The van der Waals surface area contributed by atoms with Crippen molar-refractivity contribution in [2.45, 2.75) is 39.3 Å². The monoisotopic (exact) mass is 313 g/mol. The summed E-state index contributed by atoms with van der Waals surface area (Å²) in [6, 6.07) is 8.27. The number of nitrogens with zero attached hydrogens (tertiary/aromatic N) is 4. The minimum atomic E-state index is 0.0237. The Balaban J connectivity index is 1.60. The topological polar surface area (TPSA) is 63.1 Å². The molecule has 0 spiro atoms. The van der Waals surface area contributed by atoms with E-state index >= 15 is 0 Å². The number of rotatable bonds is 3. The molecule has 122 valence electrons. The Morgan fingerprint density at radius 3 is 3.00 bits per heavy atom. The molecule has 1 N–H and O–H groups in total. The van der Waals surface area contributed by atoms with Gasteiger partial charge in [0, 0.05) is 19.1 Å². The predicted molar refractivity (Wildman–Crippen MR) is 88.2 cm³/mol. The first-order valence-electron chi connectivity index (χ1n) is 8.12. The van der Waals surface area contributed by atoms with Crippen molar-refractivity contribution in [3.05, 3.63) is 42.5 Å². The van der Waals surface area contributed by atoms with E-state index in [1.165, 1.54) is 6.33 Å². The highest BCUT2D eigenvalue weighted by Crippen LogP contribution is 2.22. The van der Waals surface area contributed by atoms with Crippen LogP contribution in [-0.2, 0) is 6.54 Å². The molecule has 1 aromatic heterocycles. The standard InChI is InChI=1S/C17H23N5O/c1-13-6-7-21(14(2)8-13)17(23)19-10-15-4-3-5-16(9-15)22-12-18-11-20-22/h3-5,9,11-14H,6-8,10H2,1-2H3,(H,19,23). The summed E-state index contributed by atoms with van der Waals surface area (Å²) in [7, 11) is 0. The molecule has 2 heterocycles. The molecule has 1 aliphatic heterocycles. The van der Waals surface area contributed by atoms with Crippen molar-refractivity contribution in [1.82, 2.24) is 25.0 Å². The van der Waals surface area contributed by atoms with Gasteiger partial charge < -0.3 is 10.2 Å². The second kappa shape index (κ2) is 6.81. The summed E-state index contributed by atoms with van der Waals surface area (Å²) < 4.78 is 1.71. The van der Waals surface area contributed by atoms with Crippen LogP contribution in [0.1, 0.15) is 32.3 Å². The van der Waals surface area contributed by atoms with Gasteiger partial charge in [-0.3, -0.25) is 0 Å². The molecule has 1 saturated heterocycles. The number of nitrogens with one attached hydrogen (secondary N) is 1. The molecule has 0 aliphatic carbocycles. The van der Waals surface area contributed by atoms with Crippen LogP contribution >= 0.6 is 0 Å². The molecular weight excluding hydrogens is 290 g/mol. The zero-order valence-electron chi connectivity index (χ0n) is 13.6. The lowest BCUT2D eigenvalue weighted by Crippen LogP contribution is -2.48. The molecule has 0 bridgehead atoms. The summed E-state index contributed by atoms with van der Waals surface area (Å²) in [4.78, 5) is 18.3. The molecule has 6 heteroatoms. The van der Waals surface area contributed by atoms with Crippen molar-refractivity contribution in [2.24, 2.45) is 5.92 Å². The number of hydrogen-bond donors (Lipinski definition) is 1. The second-order valence-electron chi connectivity index (χ2n) is 6.34. The Hall–Kier alpha value is -2.37. The zero-order valence-corrected chi connectivity index (χ0v) is 13.6. The molecule has 2 unspecified atom stereocenters. The van der Waals surface area contributed by atoms with Gasteiger partial charge in [-0.25, -0.2) is 14.5 Å². The second-order valence-corrected chi connectivity index (χ2v) is 6.34. The lowest BCUT2D eigenvalue weighted by molar-refractivity contribution is 0.139. The van der Waals surface area contributed by atoms with E-state index in [1.54, 1.807) is 11.0 Å². The highest BCUT2D eigenvalue weighted by molar-refractivity contribution is 5.74. The maximum absolute atomic E-state index is 12.4. The first-order valence-corrected chi connectivity index (χ1v) is 8.12. The molecule has 1 fully saturated rings. The van der Waals surface area contributed by atoms with Crippen molar-refractivity contribution < 1.29 is 4.79 Å². The van der Waals surface area contributed by atoms with E-state index in [0.29, 0.717) is 18.5 Å². The van der Waals surface area contributed by atoms with Crippen molar-refractivity contribution in [2.75, 3.05) is 6.54 Å². The number of amides is 2. The lowest BCUT2D eigenvalue weighted by atomic mass is 9.94. The number of urea groups is 1. The van der Waals surface area contributed by atoms with E-state index in [9.17, 15) is 4.79 Å². The van der Waals surface area contributed by atoms with E-state index in [2.05, 4.69) is 29.2 Å². The Labute approximate surface area is 136 Å². The smallest absolute Gasteiger partial charge is 0.317 e. The van der Waals surface area contributed by atoms with E-state index in [4.69, 9.17) is 0 Å². The van der Waals surface area contributed by atoms with Crippen LogP contribution in [0.3, 0.4) is 0 Å². The van der Waals surface area contributed by atoms with Gasteiger partial charge in [0.25, 0.3) is 0 Å². The van der Waals surface area contributed by atoms with Crippen molar-refractivity contribution in [3.8, 4) is 5.69 Å². The SMILES string of the molecule is CC1CCN(C(=O)NCc2cccc(-n3cncn3)c2)C(C)C1. The summed E-state index contributed by atoms with van der Waals surface area (Å²) in [5, 5.41) is 7.15. The molecule has 1 aromatic carbocycles. The van der Waals surface area contributed by atoms with Crippen LogP contribution in [0, 0.1) is 5.92 Å². The molecule has 2 aromatic rings. The van der Waals surface area contributed by atoms with Crippen LogP contribution in [-0.4, -0.2) is 38.3 Å². The van der Waals surface area contributed by atoms with Crippen molar-refractivity contribution in [1.29, 1.82) is 0 Å². The van der Waals surface area contributed by atoms with Gasteiger partial charge in [0.1, 0.15) is 12.7 Å². The Bertz CT molecular complexity index is 655. The quantitative estimate of drug-likeness (QED) is 0.947. The molecule has 2 atom stereocenters. The van der Waals surface area contributed by atoms with Gasteiger partial charge >= 0.3 is 6.03 Å². The molecule has 23 heavy (non-hydrogen) atoms.